The number of nitrogens with one attached hydrogen (secondary N) is 2. The summed E-state index contributed by atoms with van der Waals surface area (Å²) in [5.74, 6) is -0.287. The average Bonchev–Trinajstić information content (AvgIpc) is 2.64. The van der Waals surface area contributed by atoms with Gasteiger partial charge in [-0.05, 0) is 60.6 Å². The highest BCUT2D eigenvalue weighted by Crippen LogP contribution is 2.37. The van der Waals surface area contributed by atoms with Gasteiger partial charge in [-0.3, -0.25) is 4.79 Å². The van der Waals surface area contributed by atoms with Crippen LogP contribution >= 0.6 is 0 Å². The topological polar surface area (TPSA) is 93.7 Å². The van der Waals surface area contributed by atoms with E-state index in [1.165, 1.54) is 13.0 Å². The van der Waals surface area contributed by atoms with Gasteiger partial charge in [0, 0.05) is 23.6 Å². The van der Waals surface area contributed by atoms with Gasteiger partial charge in [-0.2, -0.15) is 0 Å². The third-order valence-corrected chi connectivity index (χ3v) is 6.38. The van der Waals surface area contributed by atoms with Gasteiger partial charge in [0.25, 0.3) is 0 Å². The molecular weight excluding hydrogens is 367 g/mol. The van der Waals surface area contributed by atoms with Crippen molar-refractivity contribution in [2.45, 2.75) is 77.0 Å². The summed E-state index contributed by atoms with van der Waals surface area (Å²) in [4.78, 5) is 11.4. The minimum atomic E-state index is -3.88. The standard InChI is InChI=1S/C18H29BN2O5S/c1-12(22)20-13-9-10-14(19-25-17(5,6)18(7,8)26-19)15(11-13)27(23,24)21-16(2,3)4/h9-11,21H,1-8H3,(H,20,22). The van der Waals surface area contributed by atoms with Crippen LogP contribution in [0.15, 0.2) is 23.1 Å². The number of carbonyl (C=O) groups excluding carboxylic acids is 1. The summed E-state index contributed by atoms with van der Waals surface area (Å²) < 4.78 is 40.8. The number of sulfonamides is 1. The van der Waals surface area contributed by atoms with Gasteiger partial charge in [-0.25, -0.2) is 13.1 Å². The van der Waals surface area contributed by atoms with Crippen LogP contribution in [0.2, 0.25) is 0 Å². The van der Waals surface area contributed by atoms with Crippen LogP contribution in [0.5, 0.6) is 0 Å². The molecule has 9 heteroatoms. The van der Waals surface area contributed by atoms with E-state index in [4.69, 9.17) is 9.31 Å². The predicted octanol–water partition coefficient (Wildman–Crippen LogP) is 2.02. The summed E-state index contributed by atoms with van der Waals surface area (Å²) in [7, 11) is -4.72. The van der Waals surface area contributed by atoms with E-state index in [0.29, 0.717) is 11.2 Å². The van der Waals surface area contributed by atoms with Crippen molar-refractivity contribution in [3.8, 4) is 0 Å². The van der Waals surface area contributed by atoms with Crippen molar-refractivity contribution in [2.75, 3.05) is 5.32 Å². The summed E-state index contributed by atoms with van der Waals surface area (Å²) in [5, 5.41) is 2.62. The number of benzene rings is 1. The first-order valence-electron chi connectivity index (χ1n) is 8.85. The molecule has 1 amide bonds. The van der Waals surface area contributed by atoms with E-state index >= 15 is 0 Å². The molecule has 1 aliphatic rings. The van der Waals surface area contributed by atoms with E-state index in [-0.39, 0.29) is 10.8 Å². The second-order valence-corrected chi connectivity index (χ2v) is 10.5. The molecule has 150 valence electrons. The molecule has 0 atom stereocenters. The van der Waals surface area contributed by atoms with Crippen molar-refractivity contribution in [1.82, 2.24) is 4.72 Å². The van der Waals surface area contributed by atoms with Crippen LogP contribution in [0, 0.1) is 0 Å². The maximum absolute atomic E-state index is 13.1. The lowest BCUT2D eigenvalue weighted by Crippen LogP contribution is -2.45. The molecule has 1 saturated heterocycles. The second kappa shape index (κ2) is 6.88. The summed E-state index contributed by atoms with van der Waals surface area (Å²) >= 11 is 0. The molecular formula is C18H29BN2O5S. The largest absolute Gasteiger partial charge is 0.496 e. The summed E-state index contributed by atoms with van der Waals surface area (Å²) in [5.41, 5.74) is -1.11. The summed E-state index contributed by atoms with van der Waals surface area (Å²) in [6.45, 7) is 14.3. The molecule has 0 saturated carbocycles. The number of carbonyl (C=O) groups is 1. The molecule has 0 spiro atoms. The van der Waals surface area contributed by atoms with Gasteiger partial charge in [0.1, 0.15) is 0 Å². The molecule has 0 aliphatic carbocycles. The molecule has 0 unspecified atom stereocenters. The molecule has 0 bridgehead atoms. The highest BCUT2D eigenvalue weighted by atomic mass is 32.2. The molecule has 1 heterocycles. The molecule has 1 fully saturated rings. The molecule has 1 aliphatic heterocycles. The van der Waals surface area contributed by atoms with E-state index in [1.807, 2.05) is 27.7 Å². The lowest BCUT2D eigenvalue weighted by atomic mass is 9.79. The Kier molecular flexibility index (Phi) is 5.58. The molecule has 27 heavy (non-hydrogen) atoms. The van der Waals surface area contributed by atoms with E-state index in [9.17, 15) is 13.2 Å². The molecule has 2 rings (SSSR count). The van der Waals surface area contributed by atoms with Gasteiger partial charge in [-0.1, -0.05) is 6.07 Å². The molecule has 1 aromatic carbocycles. The van der Waals surface area contributed by atoms with Gasteiger partial charge in [0.2, 0.25) is 15.9 Å². The molecule has 1 aromatic rings. The van der Waals surface area contributed by atoms with E-state index in [1.54, 1.807) is 32.9 Å². The fourth-order valence-corrected chi connectivity index (χ4v) is 4.34. The first-order valence-corrected chi connectivity index (χ1v) is 10.3. The maximum Gasteiger partial charge on any atom is 0.496 e. The van der Waals surface area contributed by atoms with Crippen molar-refractivity contribution < 1.29 is 22.5 Å². The van der Waals surface area contributed by atoms with Crippen LogP contribution in [0.1, 0.15) is 55.4 Å². The zero-order valence-corrected chi connectivity index (χ0v) is 18.1. The quantitative estimate of drug-likeness (QED) is 0.760. The Balaban J connectivity index is 2.57. The van der Waals surface area contributed by atoms with E-state index < -0.39 is 33.9 Å². The predicted molar refractivity (Wildman–Crippen MR) is 107 cm³/mol. The highest BCUT2D eigenvalue weighted by Gasteiger charge is 2.52. The van der Waals surface area contributed by atoms with Gasteiger partial charge < -0.3 is 14.6 Å². The fraction of sp³-hybridized carbons (Fsp3) is 0.611. The minimum absolute atomic E-state index is 0.0159. The van der Waals surface area contributed by atoms with Crippen molar-refractivity contribution >= 4 is 34.2 Å². The maximum atomic E-state index is 13.1. The van der Waals surface area contributed by atoms with Gasteiger partial charge >= 0.3 is 7.12 Å². The van der Waals surface area contributed by atoms with Crippen molar-refractivity contribution in [3.63, 3.8) is 0 Å². The number of hydrogen-bond acceptors (Lipinski definition) is 5. The first-order chi connectivity index (χ1) is 12.0. The van der Waals surface area contributed by atoms with Crippen LogP contribution in [-0.2, 0) is 24.1 Å². The SMILES string of the molecule is CC(=O)Nc1ccc(B2OC(C)(C)C(C)(C)O2)c(S(=O)(=O)NC(C)(C)C)c1. The Morgan fingerprint density at radius 1 is 1.07 bits per heavy atom. The first kappa shape index (κ1) is 21.9. The summed E-state index contributed by atoms with van der Waals surface area (Å²) in [6.07, 6.45) is 0. The number of anilines is 1. The normalized spacial score (nSPS) is 19.2. The zero-order valence-electron chi connectivity index (χ0n) is 17.3. The molecule has 2 N–H and O–H groups in total. The van der Waals surface area contributed by atoms with E-state index in [2.05, 4.69) is 10.0 Å². The third-order valence-electron chi connectivity index (χ3n) is 4.57. The van der Waals surface area contributed by atoms with Gasteiger partial charge in [-0.15, -0.1) is 0 Å². The lowest BCUT2D eigenvalue weighted by Gasteiger charge is -2.32. The number of hydrogen-bond donors (Lipinski definition) is 2. The van der Waals surface area contributed by atoms with Crippen molar-refractivity contribution in [2.24, 2.45) is 0 Å². The Bertz CT molecular complexity index is 828. The van der Waals surface area contributed by atoms with Crippen LogP contribution < -0.4 is 15.5 Å². The molecule has 0 aromatic heterocycles. The van der Waals surface area contributed by atoms with Gasteiger partial charge in [0.05, 0.1) is 16.1 Å². The van der Waals surface area contributed by atoms with E-state index in [0.717, 1.165) is 0 Å². The Labute approximate surface area is 162 Å². The van der Waals surface area contributed by atoms with Crippen LogP contribution in [0.4, 0.5) is 5.69 Å². The lowest BCUT2D eigenvalue weighted by molar-refractivity contribution is -0.114. The van der Waals surface area contributed by atoms with Crippen molar-refractivity contribution in [1.29, 1.82) is 0 Å². The van der Waals surface area contributed by atoms with Crippen LogP contribution in [0.25, 0.3) is 0 Å². The van der Waals surface area contributed by atoms with Crippen LogP contribution in [0.3, 0.4) is 0 Å². The number of amides is 1. The Hall–Kier alpha value is -1.42. The molecule has 7 nitrogen and oxygen atoms in total. The fourth-order valence-electron chi connectivity index (χ4n) is 2.67. The Morgan fingerprint density at radius 2 is 1.59 bits per heavy atom. The number of rotatable bonds is 4. The average molecular weight is 396 g/mol. The third kappa shape index (κ3) is 4.90. The monoisotopic (exact) mass is 396 g/mol. The second-order valence-electron chi connectivity index (χ2n) is 8.88. The highest BCUT2D eigenvalue weighted by molar-refractivity contribution is 7.89. The van der Waals surface area contributed by atoms with Gasteiger partial charge in [0.15, 0.2) is 0 Å². The summed E-state index contributed by atoms with van der Waals surface area (Å²) in [6, 6.07) is 4.68. The Morgan fingerprint density at radius 3 is 2.04 bits per heavy atom. The minimum Gasteiger partial charge on any atom is -0.399 e. The van der Waals surface area contributed by atoms with Crippen molar-refractivity contribution in [3.05, 3.63) is 18.2 Å². The zero-order chi connectivity index (χ0) is 20.8. The smallest absolute Gasteiger partial charge is 0.399 e. The molecule has 0 radical (unpaired) electrons. The van der Waals surface area contributed by atoms with Crippen LogP contribution in [-0.4, -0.2) is 38.2 Å².